The van der Waals surface area contributed by atoms with Crippen LogP contribution in [0.3, 0.4) is 0 Å². The van der Waals surface area contributed by atoms with E-state index in [1.165, 1.54) is 44.6 Å². The van der Waals surface area contributed by atoms with E-state index in [9.17, 15) is 0 Å². The smallest absolute Gasteiger partial charge is 0.128 e. The van der Waals surface area contributed by atoms with Crippen molar-refractivity contribution in [2.45, 2.75) is 65.7 Å². The summed E-state index contributed by atoms with van der Waals surface area (Å²) in [5.74, 6) is 3.72. The van der Waals surface area contributed by atoms with Gasteiger partial charge in [-0.25, -0.2) is 0 Å². The van der Waals surface area contributed by atoms with Crippen LogP contribution in [0, 0.1) is 0 Å². The zero-order valence-electron chi connectivity index (χ0n) is 40.2. The van der Waals surface area contributed by atoms with Crippen molar-refractivity contribution in [2.24, 2.45) is 0 Å². The molecule has 4 aliphatic rings. The van der Waals surface area contributed by atoms with Crippen molar-refractivity contribution in [1.29, 1.82) is 0 Å². The summed E-state index contributed by atoms with van der Waals surface area (Å²) in [4.78, 5) is 2.55. The first kappa shape index (κ1) is 51.0. The van der Waals surface area contributed by atoms with Gasteiger partial charge < -0.3 is 39.8 Å². The van der Waals surface area contributed by atoms with Crippen LogP contribution < -0.4 is 34.9 Å². The second-order valence-electron chi connectivity index (χ2n) is 16.7. The quantitative estimate of drug-likeness (QED) is 0.114. The maximum Gasteiger partial charge on any atom is 0.128 e. The molecule has 2 fully saturated rings. The van der Waals surface area contributed by atoms with Gasteiger partial charge in [0.05, 0.1) is 24.6 Å². The van der Waals surface area contributed by atoms with Crippen molar-refractivity contribution >= 4 is 34.3 Å². The second kappa shape index (κ2) is 27.4. The topological polar surface area (TPSA) is 76.3 Å². The van der Waals surface area contributed by atoms with Crippen LogP contribution in [-0.4, -0.2) is 78.1 Å². The van der Waals surface area contributed by atoms with Gasteiger partial charge in [0, 0.05) is 66.0 Å². The van der Waals surface area contributed by atoms with Crippen LogP contribution in [0.2, 0.25) is 10.0 Å². The van der Waals surface area contributed by atoms with Gasteiger partial charge in [-0.3, -0.25) is 0 Å². The van der Waals surface area contributed by atoms with Gasteiger partial charge in [0.25, 0.3) is 0 Å². The van der Waals surface area contributed by atoms with E-state index < -0.39 is 0 Å². The summed E-state index contributed by atoms with van der Waals surface area (Å²) < 4.78 is 23.5. The molecule has 4 aliphatic heterocycles. The first-order chi connectivity index (χ1) is 32.9. The minimum Gasteiger partial charge on any atom is -0.494 e. The van der Waals surface area contributed by atoms with E-state index in [2.05, 4.69) is 108 Å². The molecule has 0 aliphatic carbocycles. The van der Waals surface area contributed by atoms with Crippen LogP contribution in [0.4, 0.5) is 0 Å². The SMILES string of the molecule is C/C=C\C1=C(NC)COc2ccccc2C1=C1CCN(CCCOc2ccc(Cl)cc2)CC1.C/C=C\C1=C(NC)COc2ccccc2C1=C1CCNCC1.CCCCOc1ccc(Cl)cc1. The largest absolute Gasteiger partial charge is 0.494 e. The molecule has 0 saturated carbocycles. The van der Waals surface area contributed by atoms with Gasteiger partial charge >= 0.3 is 0 Å². The van der Waals surface area contributed by atoms with E-state index in [0.717, 1.165) is 135 Å². The van der Waals surface area contributed by atoms with E-state index >= 15 is 0 Å². The van der Waals surface area contributed by atoms with Crippen molar-refractivity contribution in [3.05, 3.63) is 176 Å². The fourth-order valence-corrected chi connectivity index (χ4v) is 8.92. The highest BCUT2D eigenvalue weighted by atomic mass is 35.5. The van der Waals surface area contributed by atoms with Crippen molar-refractivity contribution in [1.82, 2.24) is 20.9 Å². The molecule has 0 bridgehead atoms. The van der Waals surface area contributed by atoms with Gasteiger partial charge in [-0.2, -0.15) is 0 Å². The fraction of sp³-hybridized carbons (Fsp3) is 0.368. The number of piperidine rings is 2. The molecule has 0 amide bonds. The minimum absolute atomic E-state index is 0.559. The van der Waals surface area contributed by atoms with Crippen LogP contribution in [0.1, 0.15) is 76.8 Å². The molecular formula is C57H70Cl2N4O4. The molecular weight excluding hydrogens is 876 g/mol. The third-order valence-electron chi connectivity index (χ3n) is 12.2. The zero-order chi connectivity index (χ0) is 47.2. The molecule has 8 nitrogen and oxygen atoms in total. The van der Waals surface area contributed by atoms with Gasteiger partial charge in [0.2, 0.25) is 0 Å². The van der Waals surface area contributed by atoms with Gasteiger partial charge in [0.1, 0.15) is 36.2 Å². The number of nitrogens with zero attached hydrogens (tertiary/aromatic N) is 1. The molecule has 0 aromatic heterocycles. The molecule has 356 valence electrons. The van der Waals surface area contributed by atoms with E-state index in [1.54, 1.807) is 0 Å². The van der Waals surface area contributed by atoms with E-state index in [0.29, 0.717) is 13.2 Å². The van der Waals surface area contributed by atoms with Crippen molar-refractivity contribution < 1.29 is 18.9 Å². The number of halogens is 2. The second-order valence-corrected chi connectivity index (χ2v) is 17.6. The van der Waals surface area contributed by atoms with Gasteiger partial charge in [0.15, 0.2) is 0 Å². The number of hydrogen-bond donors (Lipinski definition) is 3. The molecule has 4 aromatic rings. The highest BCUT2D eigenvalue weighted by Gasteiger charge is 2.26. The Balaban J connectivity index is 0.000000186. The highest BCUT2D eigenvalue weighted by Crippen LogP contribution is 2.42. The Bertz CT molecular complexity index is 2370. The molecule has 8 rings (SSSR count). The zero-order valence-corrected chi connectivity index (χ0v) is 41.7. The average Bonchev–Trinajstić information content (AvgIpc) is 3.62. The lowest BCUT2D eigenvalue weighted by Gasteiger charge is -2.30. The number of benzene rings is 4. The Hall–Kier alpha value is -5.38. The van der Waals surface area contributed by atoms with Crippen LogP contribution >= 0.6 is 23.2 Å². The van der Waals surface area contributed by atoms with Crippen LogP contribution in [0.5, 0.6) is 23.0 Å². The standard InChI is InChI=1S/C28H33ClN2O2.C19H24N2O.C10H13ClO/c1-3-7-24-26(30-2)20-33-27-9-5-4-8-25(27)28(24)21-14-17-31(18-15-21)16-6-19-32-23-12-10-22(29)11-13-23;1-3-6-15-17(20-2)13-22-18-8-5-4-7-16(18)19(15)14-9-11-21-12-10-14;1-2-3-8-12-10-6-4-9(11)5-7-10/h3-5,7-13,30H,6,14-20H2,1-2H3;3-8,20-21H,9-13H2,1-2H3;4-7H,2-3,8H2,1H3/b7-3-;6-3-;. The lowest BCUT2D eigenvalue weighted by Crippen LogP contribution is -2.32. The molecule has 0 spiro atoms. The number of fused-ring (bicyclic) bond motifs is 2. The molecule has 0 atom stereocenters. The van der Waals surface area contributed by atoms with Crippen molar-refractivity contribution in [3.8, 4) is 23.0 Å². The lowest BCUT2D eigenvalue weighted by molar-refractivity contribution is 0.223. The first-order valence-corrected chi connectivity index (χ1v) is 24.8. The summed E-state index contributed by atoms with van der Waals surface area (Å²) >= 11 is 11.7. The molecule has 4 aromatic carbocycles. The maximum atomic E-state index is 6.16. The summed E-state index contributed by atoms with van der Waals surface area (Å²) in [7, 11) is 3.96. The summed E-state index contributed by atoms with van der Waals surface area (Å²) in [6.45, 7) is 14.2. The van der Waals surface area contributed by atoms with Crippen molar-refractivity contribution in [2.75, 3.05) is 73.2 Å². The number of unbranched alkanes of at least 4 members (excludes halogenated alkanes) is 1. The summed E-state index contributed by atoms with van der Waals surface area (Å²) in [6, 6.07) is 31.9. The molecule has 67 heavy (non-hydrogen) atoms. The molecule has 10 heteroatoms. The van der Waals surface area contributed by atoms with Crippen LogP contribution in [0.25, 0.3) is 11.1 Å². The average molecular weight is 946 g/mol. The Labute approximate surface area is 410 Å². The predicted octanol–water partition coefficient (Wildman–Crippen LogP) is 12.9. The number of likely N-dealkylation sites (N-methyl/N-ethyl adjacent to an activating group) is 2. The summed E-state index contributed by atoms with van der Waals surface area (Å²) in [5, 5.41) is 11.6. The Kier molecular flexibility index (Phi) is 20.9. The number of hydrogen-bond acceptors (Lipinski definition) is 8. The van der Waals surface area contributed by atoms with E-state index in [1.807, 2.05) is 68.7 Å². The van der Waals surface area contributed by atoms with E-state index in [-0.39, 0.29) is 0 Å². The summed E-state index contributed by atoms with van der Waals surface area (Å²) in [6.07, 6.45) is 16.3. The summed E-state index contributed by atoms with van der Waals surface area (Å²) in [5.41, 5.74) is 13.0. The molecule has 4 heterocycles. The predicted molar refractivity (Wildman–Crippen MR) is 281 cm³/mol. The Morgan fingerprint density at radius 2 is 1.06 bits per heavy atom. The number of ether oxygens (including phenoxy) is 4. The van der Waals surface area contributed by atoms with Gasteiger partial charge in [-0.15, -0.1) is 0 Å². The van der Waals surface area contributed by atoms with Crippen LogP contribution in [0.15, 0.2) is 155 Å². The van der Waals surface area contributed by atoms with Gasteiger partial charge in [-0.05, 0) is 137 Å². The number of nitrogens with one attached hydrogen (secondary N) is 3. The van der Waals surface area contributed by atoms with Crippen molar-refractivity contribution in [3.63, 3.8) is 0 Å². The monoisotopic (exact) mass is 944 g/mol. The number of rotatable bonds is 13. The minimum atomic E-state index is 0.559. The van der Waals surface area contributed by atoms with E-state index in [4.69, 9.17) is 42.1 Å². The third kappa shape index (κ3) is 14.8. The molecule has 3 N–H and O–H groups in total. The normalized spacial score (nSPS) is 16.4. The van der Waals surface area contributed by atoms with Crippen LogP contribution in [-0.2, 0) is 0 Å². The lowest BCUT2D eigenvalue weighted by atomic mass is 9.87. The maximum absolute atomic E-state index is 6.16. The molecule has 2 saturated heterocycles. The number of allylic oxidation sites excluding steroid dienone is 8. The first-order valence-electron chi connectivity index (χ1n) is 24.0. The fourth-order valence-electron chi connectivity index (χ4n) is 8.67. The molecule has 0 unspecified atom stereocenters. The Morgan fingerprint density at radius 3 is 1.51 bits per heavy atom. The Morgan fingerprint density at radius 1 is 0.612 bits per heavy atom. The van der Waals surface area contributed by atoms with Gasteiger partial charge in [-0.1, -0.05) is 108 Å². The third-order valence-corrected chi connectivity index (χ3v) is 12.7. The molecule has 0 radical (unpaired) electrons. The number of likely N-dealkylation sites (tertiary alicyclic amines) is 1. The highest BCUT2D eigenvalue weighted by molar-refractivity contribution is 6.30. The number of para-hydroxylation sites is 2.